The number of pyridine rings is 1. The van der Waals surface area contributed by atoms with Crippen LogP contribution in [0, 0.1) is 0 Å². The molecular weight excluding hydrogens is 359 g/mol. The maximum absolute atomic E-state index is 12.3. The summed E-state index contributed by atoms with van der Waals surface area (Å²) in [5, 5.41) is 0.860. The first-order valence-corrected chi connectivity index (χ1v) is 9.13. The highest BCUT2D eigenvalue weighted by Gasteiger charge is 2.14. The Labute approximate surface area is 162 Å². The van der Waals surface area contributed by atoms with Gasteiger partial charge < -0.3 is 15.2 Å². The molecule has 2 N–H and O–H groups in total. The third-order valence-corrected chi connectivity index (χ3v) is 4.74. The SMILES string of the molecule is CN1CCC(F)CC1.NC(=O)c1cccc(-n2ccc3cc(C=O)cnc32)c1. The zero-order valence-electron chi connectivity index (χ0n) is 15.7. The van der Waals surface area contributed by atoms with Crippen LogP contribution < -0.4 is 5.73 Å². The molecule has 3 heterocycles. The van der Waals surface area contributed by atoms with E-state index in [1.54, 1.807) is 24.3 Å². The van der Waals surface area contributed by atoms with Gasteiger partial charge in [-0.3, -0.25) is 9.59 Å². The van der Waals surface area contributed by atoms with Gasteiger partial charge in [0.1, 0.15) is 11.8 Å². The molecule has 0 aliphatic carbocycles. The van der Waals surface area contributed by atoms with Gasteiger partial charge in [-0.05, 0) is 50.2 Å². The number of fused-ring (bicyclic) bond motifs is 1. The number of alkyl halides is 1. The van der Waals surface area contributed by atoms with Crippen LogP contribution in [0.3, 0.4) is 0 Å². The van der Waals surface area contributed by atoms with Gasteiger partial charge in [0.25, 0.3) is 0 Å². The first kappa shape index (κ1) is 19.7. The summed E-state index contributed by atoms with van der Waals surface area (Å²) in [5.41, 5.74) is 7.77. The van der Waals surface area contributed by atoms with Crippen molar-refractivity contribution in [2.45, 2.75) is 19.0 Å². The summed E-state index contributed by atoms with van der Waals surface area (Å²) in [5.74, 6) is -0.473. The van der Waals surface area contributed by atoms with Crippen LogP contribution in [-0.2, 0) is 0 Å². The second kappa shape index (κ2) is 8.75. The standard InChI is InChI=1S/C15H11N3O2.C6H12FN/c16-14(20)11-2-1-3-13(7-11)18-5-4-12-6-10(9-19)8-17-15(12)18;1-8-4-2-6(7)3-5-8/h1-9H,(H2,16,20);6H,2-5H2,1H3. The molecule has 0 spiro atoms. The van der Waals surface area contributed by atoms with E-state index in [1.807, 2.05) is 29.9 Å². The minimum atomic E-state index is -0.522. The summed E-state index contributed by atoms with van der Waals surface area (Å²) in [6.45, 7) is 1.86. The third-order valence-electron chi connectivity index (χ3n) is 4.74. The van der Waals surface area contributed by atoms with Gasteiger partial charge in [-0.25, -0.2) is 9.37 Å². The molecule has 146 valence electrons. The highest BCUT2D eigenvalue weighted by Crippen LogP contribution is 2.20. The number of nitrogens with two attached hydrogens (primary N) is 1. The maximum Gasteiger partial charge on any atom is 0.248 e. The highest BCUT2D eigenvalue weighted by atomic mass is 19.1. The van der Waals surface area contributed by atoms with Crippen LogP contribution >= 0.6 is 0 Å². The van der Waals surface area contributed by atoms with Gasteiger partial charge in [-0.1, -0.05) is 6.07 Å². The van der Waals surface area contributed by atoms with E-state index in [1.165, 1.54) is 6.20 Å². The number of hydrogen-bond acceptors (Lipinski definition) is 4. The molecule has 28 heavy (non-hydrogen) atoms. The Balaban J connectivity index is 0.000000236. The van der Waals surface area contributed by atoms with Crippen molar-refractivity contribution in [2.24, 2.45) is 5.73 Å². The van der Waals surface area contributed by atoms with E-state index in [9.17, 15) is 14.0 Å². The first-order valence-electron chi connectivity index (χ1n) is 9.13. The van der Waals surface area contributed by atoms with Crippen LogP contribution in [0.25, 0.3) is 16.7 Å². The Kier molecular flexibility index (Phi) is 6.16. The number of carbonyl (C=O) groups excluding carboxylic acids is 2. The summed E-state index contributed by atoms with van der Waals surface area (Å²) >= 11 is 0. The van der Waals surface area contributed by atoms with Gasteiger partial charge in [0.15, 0.2) is 6.29 Å². The van der Waals surface area contributed by atoms with Crippen LogP contribution in [0.4, 0.5) is 4.39 Å². The lowest BCUT2D eigenvalue weighted by Crippen LogP contribution is -2.30. The molecule has 6 nitrogen and oxygen atoms in total. The van der Waals surface area contributed by atoms with Crippen LogP contribution in [0.2, 0.25) is 0 Å². The van der Waals surface area contributed by atoms with E-state index in [2.05, 4.69) is 9.88 Å². The minimum Gasteiger partial charge on any atom is -0.366 e. The van der Waals surface area contributed by atoms with E-state index in [0.717, 1.165) is 48.9 Å². The van der Waals surface area contributed by atoms with E-state index >= 15 is 0 Å². The second-order valence-corrected chi connectivity index (χ2v) is 6.88. The smallest absolute Gasteiger partial charge is 0.248 e. The number of halogens is 1. The van der Waals surface area contributed by atoms with Gasteiger partial charge in [-0.2, -0.15) is 0 Å². The molecule has 1 saturated heterocycles. The zero-order valence-corrected chi connectivity index (χ0v) is 15.7. The average molecular weight is 382 g/mol. The monoisotopic (exact) mass is 382 g/mol. The lowest BCUT2D eigenvalue weighted by Gasteiger charge is -2.23. The van der Waals surface area contributed by atoms with Crippen molar-refractivity contribution >= 4 is 23.2 Å². The summed E-state index contributed by atoms with van der Waals surface area (Å²) in [7, 11) is 2.03. The lowest BCUT2D eigenvalue weighted by molar-refractivity contribution is 0.0999. The van der Waals surface area contributed by atoms with E-state index in [0.29, 0.717) is 11.1 Å². The van der Waals surface area contributed by atoms with Gasteiger partial charge in [0.05, 0.1) is 0 Å². The molecule has 4 rings (SSSR count). The molecule has 3 aromatic rings. The number of nitrogens with zero attached hydrogens (tertiary/aromatic N) is 3. The summed E-state index contributed by atoms with van der Waals surface area (Å²) in [6.07, 6.45) is 5.06. The van der Waals surface area contributed by atoms with Crippen LogP contribution in [0.1, 0.15) is 33.6 Å². The third kappa shape index (κ3) is 4.61. The van der Waals surface area contributed by atoms with Crippen molar-refractivity contribution in [1.82, 2.24) is 14.5 Å². The minimum absolute atomic E-state index is 0.439. The highest BCUT2D eigenvalue weighted by molar-refractivity contribution is 5.93. The molecule has 0 unspecified atom stereocenters. The Morgan fingerprint density at radius 3 is 2.64 bits per heavy atom. The van der Waals surface area contributed by atoms with Gasteiger partial charge in [0.2, 0.25) is 5.91 Å². The quantitative estimate of drug-likeness (QED) is 0.706. The lowest BCUT2D eigenvalue weighted by atomic mass is 10.1. The van der Waals surface area contributed by atoms with Crippen molar-refractivity contribution in [3.8, 4) is 5.69 Å². The molecular formula is C21H23FN4O2. The average Bonchev–Trinajstić information content (AvgIpc) is 3.14. The molecule has 1 aliphatic heterocycles. The van der Waals surface area contributed by atoms with Crippen molar-refractivity contribution in [3.63, 3.8) is 0 Å². The fraction of sp³-hybridized carbons (Fsp3) is 0.286. The van der Waals surface area contributed by atoms with E-state index in [-0.39, 0.29) is 0 Å². The van der Waals surface area contributed by atoms with Crippen molar-refractivity contribution in [3.05, 3.63) is 59.9 Å². The Morgan fingerprint density at radius 1 is 1.25 bits per heavy atom. The molecule has 2 aromatic heterocycles. The number of carbonyl (C=O) groups is 2. The van der Waals surface area contributed by atoms with Gasteiger partial charge in [-0.15, -0.1) is 0 Å². The Hall–Kier alpha value is -3.06. The molecule has 0 atom stereocenters. The summed E-state index contributed by atoms with van der Waals surface area (Å²) in [6, 6.07) is 10.6. The van der Waals surface area contributed by atoms with Crippen LogP contribution in [0.15, 0.2) is 48.8 Å². The number of amides is 1. The maximum atomic E-state index is 12.3. The van der Waals surface area contributed by atoms with Crippen LogP contribution in [-0.4, -0.2) is 53.0 Å². The number of aldehydes is 1. The number of benzene rings is 1. The number of aromatic nitrogens is 2. The number of likely N-dealkylation sites (tertiary alicyclic amines) is 1. The zero-order chi connectivity index (χ0) is 20.1. The molecule has 1 amide bonds. The molecule has 1 fully saturated rings. The number of primary amides is 1. The molecule has 0 bridgehead atoms. The van der Waals surface area contributed by atoms with E-state index < -0.39 is 12.1 Å². The summed E-state index contributed by atoms with van der Waals surface area (Å²) < 4.78 is 14.2. The number of piperidine rings is 1. The predicted octanol–water partition coefficient (Wildman–Crippen LogP) is 2.99. The number of rotatable bonds is 3. The fourth-order valence-electron chi connectivity index (χ4n) is 3.10. The van der Waals surface area contributed by atoms with Gasteiger partial charge in [0, 0.05) is 47.7 Å². The normalized spacial score (nSPS) is 15.1. The largest absolute Gasteiger partial charge is 0.366 e. The van der Waals surface area contributed by atoms with Crippen molar-refractivity contribution < 1.29 is 14.0 Å². The molecule has 1 aliphatic rings. The second-order valence-electron chi connectivity index (χ2n) is 6.88. The van der Waals surface area contributed by atoms with Crippen molar-refractivity contribution in [1.29, 1.82) is 0 Å². The Morgan fingerprint density at radius 2 is 2.00 bits per heavy atom. The number of hydrogen-bond donors (Lipinski definition) is 1. The fourth-order valence-corrected chi connectivity index (χ4v) is 3.10. The first-order chi connectivity index (χ1) is 13.5. The van der Waals surface area contributed by atoms with Crippen molar-refractivity contribution in [2.75, 3.05) is 20.1 Å². The topological polar surface area (TPSA) is 81.2 Å². The predicted molar refractivity (Wildman–Crippen MR) is 107 cm³/mol. The molecule has 0 saturated carbocycles. The molecule has 0 radical (unpaired) electrons. The Bertz CT molecular complexity index is 967. The van der Waals surface area contributed by atoms with Crippen LogP contribution in [0.5, 0.6) is 0 Å². The van der Waals surface area contributed by atoms with E-state index in [4.69, 9.17) is 5.73 Å². The molecule has 7 heteroatoms. The molecule has 1 aromatic carbocycles. The summed E-state index contributed by atoms with van der Waals surface area (Å²) in [4.78, 5) is 28.4. The van der Waals surface area contributed by atoms with Gasteiger partial charge >= 0.3 is 0 Å².